The van der Waals surface area contributed by atoms with Crippen molar-refractivity contribution in [2.75, 3.05) is 11.9 Å². The van der Waals surface area contributed by atoms with Crippen molar-refractivity contribution in [1.82, 2.24) is 0 Å². The van der Waals surface area contributed by atoms with Crippen LogP contribution in [-0.4, -0.2) is 11.9 Å². The van der Waals surface area contributed by atoms with Crippen LogP contribution in [0.1, 0.15) is 18.9 Å². The van der Waals surface area contributed by atoms with Crippen LogP contribution < -0.4 is 4.74 Å². The molecule has 0 unspecified atom stereocenters. The zero-order valence-electron chi connectivity index (χ0n) is 7.92. The molecule has 13 heavy (non-hydrogen) atoms. The summed E-state index contributed by atoms with van der Waals surface area (Å²) in [5, 5.41) is 1.00. The van der Waals surface area contributed by atoms with E-state index in [4.69, 9.17) is 4.74 Å². The Morgan fingerprint density at radius 3 is 2.92 bits per heavy atom. The second kappa shape index (κ2) is 6.03. The number of hydrogen-bond acceptors (Lipinski definition) is 1. The lowest BCUT2D eigenvalue weighted by Crippen LogP contribution is -1.95. The minimum Gasteiger partial charge on any atom is -0.494 e. The predicted octanol–water partition coefficient (Wildman–Crippen LogP) is 3.41. The van der Waals surface area contributed by atoms with Gasteiger partial charge in [0, 0.05) is 5.33 Å². The number of alkyl halides is 1. The Morgan fingerprint density at radius 2 is 2.23 bits per heavy atom. The summed E-state index contributed by atoms with van der Waals surface area (Å²) in [6.45, 7) is 2.92. The van der Waals surface area contributed by atoms with Crippen molar-refractivity contribution in [2.24, 2.45) is 0 Å². The molecule has 72 valence electrons. The zero-order chi connectivity index (χ0) is 9.52. The molecular formula is C11H15BrO. The quantitative estimate of drug-likeness (QED) is 0.720. The third-order valence-corrected chi connectivity index (χ3v) is 2.15. The van der Waals surface area contributed by atoms with E-state index in [9.17, 15) is 0 Å². The van der Waals surface area contributed by atoms with E-state index in [-0.39, 0.29) is 0 Å². The van der Waals surface area contributed by atoms with E-state index in [0.717, 1.165) is 30.5 Å². The van der Waals surface area contributed by atoms with E-state index in [1.165, 1.54) is 5.56 Å². The largest absolute Gasteiger partial charge is 0.494 e. The first-order valence-corrected chi connectivity index (χ1v) is 5.76. The number of ether oxygens (including phenoxy) is 1. The molecule has 1 aromatic carbocycles. The van der Waals surface area contributed by atoms with Gasteiger partial charge in [-0.2, -0.15) is 0 Å². The summed E-state index contributed by atoms with van der Waals surface area (Å²) in [6, 6.07) is 8.29. The monoisotopic (exact) mass is 242 g/mol. The average molecular weight is 243 g/mol. The fraction of sp³-hybridized carbons (Fsp3) is 0.455. The highest BCUT2D eigenvalue weighted by molar-refractivity contribution is 9.09. The van der Waals surface area contributed by atoms with Crippen LogP contribution in [0.3, 0.4) is 0 Å². The molecule has 0 aliphatic rings. The van der Waals surface area contributed by atoms with Crippen LogP contribution in [0.4, 0.5) is 0 Å². The summed E-state index contributed by atoms with van der Waals surface area (Å²) in [5.41, 5.74) is 1.32. The smallest absolute Gasteiger partial charge is 0.119 e. The summed E-state index contributed by atoms with van der Waals surface area (Å²) >= 11 is 3.42. The van der Waals surface area contributed by atoms with Gasteiger partial charge in [0.05, 0.1) is 6.61 Å². The maximum absolute atomic E-state index is 5.53. The standard InChI is InChI=1S/C11H15BrO/c1-2-8-13-11-5-3-4-10(9-11)6-7-12/h3-5,9H,2,6-8H2,1H3. The first-order valence-electron chi connectivity index (χ1n) is 4.64. The second-order valence-corrected chi connectivity index (χ2v) is 3.73. The molecule has 0 saturated heterocycles. The maximum Gasteiger partial charge on any atom is 0.119 e. The van der Waals surface area contributed by atoms with Crippen LogP contribution in [0, 0.1) is 0 Å². The first-order chi connectivity index (χ1) is 6.36. The van der Waals surface area contributed by atoms with Gasteiger partial charge in [0.25, 0.3) is 0 Å². The summed E-state index contributed by atoms with van der Waals surface area (Å²) in [5.74, 6) is 0.986. The molecule has 0 aromatic heterocycles. The van der Waals surface area contributed by atoms with Gasteiger partial charge in [-0.3, -0.25) is 0 Å². The highest BCUT2D eigenvalue weighted by atomic mass is 79.9. The van der Waals surface area contributed by atoms with Gasteiger partial charge in [0.15, 0.2) is 0 Å². The van der Waals surface area contributed by atoms with Gasteiger partial charge in [-0.1, -0.05) is 35.0 Å². The van der Waals surface area contributed by atoms with Crippen LogP contribution in [0.5, 0.6) is 5.75 Å². The molecule has 0 bridgehead atoms. The minimum atomic E-state index is 0.803. The predicted molar refractivity (Wildman–Crippen MR) is 59.7 cm³/mol. The fourth-order valence-corrected chi connectivity index (χ4v) is 1.58. The first kappa shape index (κ1) is 10.6. The van der Waals surface area contributed by atoms with E-state index in [2.05, 4.69) is 35.0 Å². The lowest BCUT2D eigenvalue weighted by Gasteiger charge is -2.05. The van der Waals surface area contributed by atoms with Gasteiger partial charge in [0.1, 0.15) is 5.75 Å². The molecule has 0 aliphatic heterocycles. The number of hydrogen-bond donors (Lipinski definition) is 0. The minimum absolute atomic E-state index is 0.803. The molecule has 0 spiro atoms. The molecule has 1 aromatic rings. The average Bonchev–Trinajstić information content (AvgIpc) is 2.16. The summed E-state index contributed by atoms with van der Waals surface area (Å²) < 4.78 is 5.53. The van der Waals surface area contributed by atoms with Crippen molar-refractivity contribution in [3.63, 3.8) is 0 Å². The lowest BCUT2D eigenvalue weighted by molar-refractivity contribution is 0.317. The van der Waals surface area contributed by atoms with Crippen molar-refractivity contribution < 1.29 is 4.74 Å². The van der Waals surface area contributed by atoms with Crippen LogP contribution in [0.25, 0.3) is 0 Å². The number of halogens is 1. The number of benzene rings is 1. The van der Waals surface area contributed by atoms with Crippen LogP contribution in [-0.2, 0) is 6.42 Å². The second-order valence-electron chi connectivity index (χ2n) is 2.93. The van der Waals surface area contributed by atoms with Gasteiger partial charge < -0.3 is 4.74 Å². The molecule has 0 N–H and O–H groups in total. The van der Waals surface area contributed by atoms with Gasteiger partial charge in [-0.25, -0.2) is 0 Å². The van der Waals surface area contributed by atoms with Crippen LogP contribution in [0.2, 0.25) is 0 Å². The maximum atomic E-state index is 5.53. The fourth-order valence-electron chi connectivity index (χ4n) is 1.12. The highest BCUT2D eigenvalue weighted by Crippen LogP contribution is 2.14. The summed E-state index contributed by atoms with van der Waals surface area (Å²) in [4.78, 5) is 0. The van der Waals surface area contributed by atoms with Gasteiger partial charge in [0.2, 0.25) is 0 Å². The van der Waals surface area contributed by atoms with Gasteiger partial charge in [-0.15, -0.1) is 0 Å². The van der Waals surface area contributed by atoms with Crippen molar-refractivity contribution in [1.29, 1.82) is 0 Å². The Bertz CT molecular complexity index is 248. The molecule has 2 heteroatoms. The number of aryl methyl sites for hydroxylation is 1. The van der Waals surface area contributed by atoms with E-state index in [1.54, 1.807) is 0 Å². The molecule has 0 atom stereocenters. The number of rotatable bonds is 5. The Labute approximate surface area is 88.2 Å². The molecule has 0 heterocycles. The van der Waals surface area contributed by atoms with E-state index >= 15 is 0 Å². The Kier molecular flexibility index (Phi) is 4.91. The molecule has 0 saturated carbocycles. The third-order valence-electron chi connectivity index (χ3n) is 1.75. The molecule has 0 fully saturated rings. The topological polar surface area (TPSA) is 9.23 Å². The normalized spacial score (nSPS) is 10.0. The summed E-state index contributed by atoms with van der Waals surface area (Å²) in [7, 11) is 0. The Morgan fingerprint density at radius 1 is 1.38 bits per heavy atom. The Balaban J connectivity index is 2.56. The SMILES string of the molecule is CCCOc1cccc(CCBr)c1. The molecule has 0 aliphatic carbocycles. The van der Waals surface area contributed by atoms with Crippen LogP contribution >= 0.6 is 15.9 Å². The molecule has 0 radical (unpaired) electrons. The van der Waals surface area contributed by atoms with E-state index < -0.39 is 0 Å². The summed E-state index contributed by atoms with van der Waals surface area (Å²) in [6.07, 6.45) is 2.12. The van der Waals surface area contributed by atoms with E-state index in [1.807, 2.05) is 12.1 Å². The lowest BCUT2D eigenvalue weighted by atomic mass is 10.2. The molecule has 1 rings (SSSR count). The molecular weight excluding hydrogens is 228 g/mol. The van der Waals surface area contributed by atoms with Crippen molar-refractivity contribution in [2.45, 2.75) is 19.8 Å². The van der Waals surface area contributed by atoms with Crippen molar-refractivity contribution in [3.8, 4) is 5.75 Å². The van der Waals surface area contributed by atoms with Crippen molar-refractivity contribution in [3.05, 3.63) is 29.8 Å². The van der Waals surface area contributed by atoms with Crippen molar-refractivity contribution >= 4 is 15.9 Å². The molecule has 1 nitrogen and oxygen atoms in total. The third kappa shape index (κ3) is 3.81. The van der Waals surface area contributed by atoms with Gasteiger partial charge >= 0.3 is 0 Å². The Hall–Kier alpha value is -0.500. The zero-order valence-corrected chi connectivity index (χ0v) is 9.51. The van der Waals surface area contributed by atoms with Gasteiger partial charge in [-0.05, 0) is 30.5 Å². The van der Waals surface area contributed by atoms with Crippen LogP contribution in [0.15, 0.2) is 24.3 Å². The highest BCUT2D eigenvalue weighted by Gasteiger charge is 1.95. The van der Waals surface area contributed by atoms with E-state index in [0.29, 0.717) is 0 Å². The molecule has 0 amide bonds.